The van der Waals surface area contributed by atoms with Crippen LogP contribution in [0.4, 0.5) is 0 Å². The van der Waals surface area contributed by atoms with Crippen LogP contribution in [-0.4, -0.2) is 14.3 Å². The van der Waals surface area contributed by atoms with Crippen LogP contribution in [0.1, 0.15) is 31.5 Å². The highest BCUT2D eigenvalue weighted by molar-refractivity contribution is 7.86. The average molecular weight is 270 g/mol. The van der Waals surface area contributed by atoms with Gasteiger partial charge in [-0.2, -0.15) is 4.98 Å². The summed E-state index contributed by atoms with van der Waals surface area (Å²) in [6, 6.07) is 3.74. The van der Waals surface area contributed by atoms with E-state index in [1.165, 1.54) is 11.3 Å². The molecule has 1 atom stereocenters. The van der Waals surface area contributed by atoms with E-state index in [-0.39, 0.29) is 0 Å². The first-order chi connectivity index (χ1) is 8.29. The molecule has 0 bridgehead atoms. The van der Waals surface area contributed by atoms with Crippen molar-refractivity contribution in [1.82, 2.24) is 10.1 Å². The lowest BCUT2D eigenvalue weighted by atomic mass is 10.2. The van der Waals surface area contributed by atoms with Gasteiger partial charge in [-0.3, -0.25) is 4.21 Å². The predicted molar refractivity (Wildman–Crippen MR) is 67.3 cm³/mol. The smallest absolute Gasteiger partial charge is 0.239 e. The number of aryl methyl sites for hydroxylation is 1. The van der Waals surface area contributed by atoms with Crippen LogP contribution in [0, 0.1) is 0 Å². The first-order valence-electron chi connectivity index (χ1n) is 5.53. The highest BCUT2D eigenvalue weighted by Crippen LogP contribution is 2.17. The molecule has 0 saturated carbocycles. The van der Waals surface area contributed by atoms with Crippen molar-refractivity contribution in [2.75, 3.05) is 0 Å². The van der Waals surface area contributed by atoms with Gasteiger partial charge in [0.2, 0.25) is 5.89 Å². The highest BCUT2D eigenvalue weighted by Gasteiger charge is 2.12. The van der Waals surface area contributed by atoms with Gasteiger partial charge in [-0.15, -0.1) is 11.3 Å². The molecule has 0 radical (unpaired) electrons. The van der Waals surface area contributed by atoms with E-state index < -0.39 is 10.8 Å². The van der Waals surface area contributed by atoms with E-state index in [0.717, 1.165) is 23.5 Å². The molecule has 0 fully saturated rings. The molecule has 2 aromatic heterocycles. The molecular formula is C11H14N2O2S2. The molecule has 0 aliphatic rings. The van der Waals surface area contributed by atoms with Crippen molar-refractivity contribution in [3.63, 3.8) is 0 Å². The fourth-order valence-electron chi connectivity index (χ4n) is 1.36. The van der Waals surface area contributed by atoms with E-state index in [4.69, 9.17) is 4.52 Å². The Labute approximate surface area is 107 Å². The summed E-state index contributed by atoms with van der Waals surface area (Å²) < 4.78 is 17.8. The van der Waals surface area contributed by atoms with E-state index in [1.807, 2.05) is 17.5 Å². The number of unbranched alkanes of at least 4 members (excludes halogenated alkanes) is 1. The molecule has 92 valence electrons. The Kier molecular flexibility index (Phi) is 4.44. The van der Waals surface area contributed by atoms with Gasteiger partial charge in [0, 0.05) is 6.42 Å². The minimum Gasteiger partial charge on any atom is -0.338 e. The summed E-state index contributed by atoms with van der Waals surface area (Å²) in [4.78, 5) is 4.23. The lowest BCUT2D eigenvalue weighted by Crippen LogP contribution is -1.95. The number of thiophene rings is 1. The minimum atomic E-state index is -1.07. The molecule has 2 rings (SSSR count). The summed E-state index contributed by atoms with van der Waals surface area (Å²) in [5, 5.41) is 5.78. The zero-order valence-electron chi connectivity index (χ0n) is 9.59. The standard InChI is InChI=1S/C11H14N2O2S2/c1-2-3-5-9-12-10(15-13-9)8-17(14)11-6-4-7-16-11/h4,6-7H,2-3,5,8H2,1H3. The lowest BCUT2D eigenvalue weighted by Gasteiger charge is -1.92. The average Bonchev–Trinajstić information content (AvgIpc) is 2.97. The van der Waals surface area contributed by atoms with Crippen molar-refractivity contribution in [2.24, 2.45) is 0 Å². The number of hydrogen-bond acceptors (Lipinski definition) is 5. The van der Waals surface area contributed by atoms with Crippen molar-refractivity contribution < 1.29 is 8.73 Å². The third kappa shape index (κ3) is 3.47. The van der Waals surface area contributed by atoms with Crippen molar-refractivity contribution in [3.05, 3.63) is 29.2 Å². The molecule has 0 N–H and O–H groups in total. The quantitative estimate of drug-likeness (QED) is 0.810. The van der Waals surface area contributed by atoms with Gasteiger partial charge in [-0.1, -0.05) is 24.6 Å². The second kappa shape index (κ2) is 6.07. The monoisotopic (exact) mass is 270 g/mol. The molecule has 0 aliphatic heterocycles. The van der Waals surface area contributed by atoms with Crippen LogP contribution >= 0.6 is 11.3 Å². The Morgan fingerprint density at radius 2 is 2.41 bits per heavy atom. The molecule has 2 aromatic rings. The van der Waals surface area contributed by atoms with Gasteiger partial charge < -0.3 is 4.52 Å². The van der Waals surface area contributed by atoms with Crippen LogP contribution in [0.3, 0.4) is 0 Å². The summed E-state index contributed by atoms with van der Waals surface area (Å²) >= 11 is 1.48. The third-order valence-corrected chi connectivity index (χ3v) is 4.84. The van der Waals surface area contributed by atoms with Crippen LogP contribution in [0.5, 0.6) is 0 Å². The zero-order chi connectivity index (χ0) is 12.1. The van der Waals surface area contributed by atoms with E-state index in [0.29, 0.717) is 17.5 Å². The number of nitrogens with zero attached hydrogens (tertiary/aromatic N) is 2. The lowest BCUT2D eigenvalue weighted by molar-refractivity contribution is 0.383. The van der Waals surface area contributed by atoms with Crippen LogP contribution in [0.2, 0.25) is 0 Å². The van der Waals surface area contributed by atoms with Crippen LogP contribution in [0.25, 0.3) is 0 Å². The van der Waals surface area contributed by atoms with Crippen molar-refractivity contribution >= 4 is 22.1 Å². The van der Waals surface area contributed by atoms with Gasteiger partial charge >= 0.3 is 0 Å². The predicted octanol–water partition coefficient (Wildman–Crippen LogP) is 2.78. The van der Waals surface area contributed by atoms with Crippen LogP contribution < -0.4 is 0 Å². The van der Waals surface area contributed by atoms with Gasteiger partial charge in [-0.25, -0.2) is 0 Å². The normalized spacial score (nSPS) is 12.8. The summed E-state index contributed by atoms with van der Waals surface area (Å²) in [5.41, 5.74) is 0. The van der Waals surface area contributed by atoms with E-state index in [9.17, 15) is 4.21 Å². The second-order valence-corrected chi connectivity index (χ2v) is 6.26. The van der Waals surface area contributed by atoms with Crippen LogP contribution in [0.15, 0.2) is 26.2 Å². The molecule has 6 heteroatoms. The molecule has 2 heterocycles. The van der Waals surface area contributed by atoms with E-state index in [1.54, 1.807) is 0 Å². The molecule has 0 spiro atoms. The fraction of sp³-hybridized carbons (Fsp3) is 0.455. The molecule has 0 saturated heterocycles. The SMILES string of the molecule is CCCCc1noc(CS(=O)c2cccs2)n1. The fourth-order valence-corrected chi connectivity index (χ4v) is 3.30. The maximum atomic E-state index is 11.9. The van der Waals surface area contributed by atoms with Gasteiger partial charge in [0.05, 0.1) is 15.0 Å². The third-order valence-electron chi connectivity index (χ3n) is 2.24. The summed E-state index contributed by atoms with van der Waals surface area (Å²) in [5.74, 6) is 1.48. The first kappa shape index (κ1) is 12.4. The van der Waals surface area contributed by atoms with Gasteiger partial charge in [0.15, 0.2) is 5.82 Å². The van der Waals surface area contributed by atoms with Crippen molar-refractivity contribution in [2.45, 2.75) is 36.1 Å². The molecule has 17 heavy (non-hydrogen) atoms. The second-order valence-electron chi connectivity index (χ2n) is 3.63. The van der Waals surface area contributed by atoms with Crippen molar-refractivity contribution in [3.8, 4) is 0 Å². The molecular weight excluding hydrogens is 256 g/mol. The molecule has 4 nitrogen and oxygen atoms in total. The number of rotatable bonds is 6. The summed E-state index contributed by atoms with van der Waals surface area (Å²) in [6.45, 7) is 2.12. The topological polar surface area (TPSA) is 56.0 Å². The zero-order valence-corrected chi connectivity index (χ0v) is 11.2. The Morgan fingerprint density at radius 3 is 3.12 bits per heavy atom. The minimum absolute atomic E-state index is 0.305. The Balaban J connectivity index is 1.95. The maximum absolute atomic E-state index is 11.9. The summed E-state index contributed by atoms with van der Waals surface area (Å²) in [7, 11) is -1.07. The molecule has 0 aromatic carbocycles. The Morgan fingerprint density at radius 1 is 1.53 bits per heavy atom. The van der Waals surface area contributed by atoms with E-state index in [2.05, 4.69) is 17.1 Å². The Hall–Kier alpha value is -1.01. The largest absolute Gasteiger partial charge is 0.338 e. The Bertz CT molecular complexity index is 479. The number of aromatic nitrogens is 2. The highest BCUT2D eigenvalue weighted by atomic mass is 32.2. The van der Waals surface area contributed by atoms with E-state index >= 15 is 0 Å². The summed E-state index contributed by atoms with van der Waals surface area (Å²) in [6.07, 6.45) is 2.98. The van der Waals surface area contributed by atoms with Gasteiger partial charge in [-0.05, 0) is 17.9 Å². The van der Waals surface area contributed by atoms with Crippen molar-refractivity contribution in [1.29, 1.82) is 0 Å². The van der Waals surface area contributed by atoms with Gasteiger partial charge in [0.1, 0.15) is 5.75 Å². The van der Waals surface area contributed by atoms with Crippen LogP contribution in [-0.2, 0) is 23.0 Å². The van der Waals surface area contributed by atoms with Gasteiger partial charge in [0.25, 0.3) is 0 Å². The number of hydrogen-bond donors (Lipinski definition) is 0. The molecule has 1 unspecified atom stereocenters. The maximum Gasteiger partial charge on any atom is 0.239 e. The molecule has 0 aliphatic carbocycles. The first-order valence-corrected chi connectivity index (χ1v) is 7.72. The molecule has 0 amide bonds.